The zero-order chi connectivity index (χ0) is 26.8. The predicted molar refractivity (Wildman–Crippen MR) is 130 cm³/mol. The molecule has 7 nitrogen and oxygen atoms in total. The third-order valence-electron chi connectivity index (χ3n) is 7.38. The van der Waals surface area contributed by atoms with Crippen LogP contribution in [0.1, 0.15) is 43.5 Å². The summed E-state index contributed by atoms with van der Waals surface area (Å²) in [5.74, 6) is -1.02. The largest absolute Gasteiger partial charge is 0.432 e. The second kappa shape index (κ2) is 8.75. The standard InChI is InChI=1S/C27H29F3N2O5/c1-25(2,14-34)23-9-15-8-20(19(28)10-21(15)32(23)12-18(35)13-33)31-24(36)26(5-6-26)17-3-4-22-16(7-17)11-27(29,30)37-22/h3-4,7-10,18,33-35H,5-6,11-14H2,1-2H3,(H,31,36)/t18-/m1/s1. The van der Waals surface area contributed by atoms with Crippen molar-refractivity contribution >= 4 is 22.5 Å². The molecule has 198 valence electrons. The van der Waals surface area contributed by atoms with E-state index < -0.39 is 47.8 Å². The fourth-order valence-electron chi connectivity index (χ4n) is 5.03. The molecule has 2 aromatic carbocycles. The monoisotopic (exact) mass is 518 g/mol. The Hall–Kier alpha value is -3.08. The topological polar surface area (TPSA) is 104 Å². The van der Waals surface area contributed by atoms with Crippen LogP contribution in [0.4, 0.5) is 18.9 Å². The van der Waals surface area contributed by atoms with Gasteiger partial charge in [0.1, 0.15) is 11.6 Å². The van der Waals surface area contributed by atoms with Crippen molar-refractivity contribution in [3.05, 3.63) is 59.0 Å². The van der Waals surface area contributed by atoms with Crippen molar-refractivity contribution in [2.75, 3.05) is 18.5 Å². The Balaban J connectivity index is 1.46. The number of ether oxygens (including phenoxy) is 1. The van der Waals surface area contributed by atoms with E-state index in [0.717, 1.165) is 0 Å². The number of carbonyl (C=O) groups is 1. The lowest BCUT2D eigenvalue weighted by Crippen LogP contribution is -2.29. The number of anilines is 1. The van der Waals surface area contributed by atoms with E-state index in [4.69, 9.17) is 0 Å². The lowest BCUT2D eigenvalue weighted by atomic mass is 9.90. The summed E-state index contributed by atoms with van der Waals surface area (Å²) in [6, 6.07) is 9.12. The number of benzene rings is 2. The summed E-state index contributed by atoms with van der Waals surface area (Å²) in [6.07, 6.45) is -3.91. The van der Waals surface area contributed by atoms with Crippen molar-refractivity contribution in [1.29, 1.82) is 0 Å². The summed E-state index contributed by atoms with van der Waals surface area (Å²) >= 11 is 0. The van der Waals surface area contributed by atoms with E-state index in [2.05, 4.69) is 10.1 Å². The molecule has 1 fully saturated rings. The van der Waals surface area contributed by atoms with Crippen molar-refractivity contribution < 1.29 is 38.0 Å². The molecule has 1 aliphatic carbocycles. The van der Waals surface area contributed by atoms with Crippen molar-refractivity contribution in [2.24, 2.45) is 0 Å². The molecule has 1 saturated carbocycles. The van der Waals surface area contributed by atoms with Crippen LogP contribution in [0.3, 0.4) is 0 Å². The second-order valence-corrected chi connectivity index (χ2v) is 10.7. The van der Waals surface area contributed by atoms with E-state index in [1.54, 1.807) is 36.6 Å². The molecule has 2 aliphatic rings. The Morgan fingerprint density at radius 1 is 1.19 bits per heavy atom. The van der Waals surface area contributed by atoms with Gasteiger partial charge in [-0.1, -0.05) is 26.0 Å². The van der Waals surface area contributed by atoms with Gasteiger partial charge in [-0.2, -0.15) is 8.78 Å². The number of carbonyl (C=O) groups excluding carboxylic acids is 1. The first kappa shape index (κ1) is 25.6. The zero-order valence-corrected chi connectivity index (χ0v) is 20.5. The number of aliphatic hydroxyl groups excluding tert-OH is 3. The lowest BCUT2D eigenvalue weighted by molar-refractivity contribution is -0.159. The number of halogens is 3. The quantitative estimate of drug-likeness (QED) is 0.365. The van der Waals surface area contributed by atoms with Gasteiger partial charge >= 0.3 is 6.11 Å². The van der Waals surface area contributed by atoms with Gasteiger partial charge in [-0.25, -0.2) is 4.39 Å². The molecule has 37 heavy (non-hydrogen) atoms. The minimum absolute atomic E-state index is 0.00584. The van der Waals surface area contributed by atoms with Crippen LogP contribution in [0.25, 0.3) is 10.9 Å². The molecule has 1 atom stereocenters. The SMILES string of the molecule is CC(C)(CO)c1cc2cc(NC(=O)C3(c4ccc5c(c4)CC(F)(F)O5)CC3)c(F)cc2n1C[C@@H](O)CO. The Bertz CT molecular complexity index is 1380. The molecule has 0 bridgehead atoms. The highest BCUT2D eigenvalue weighted by Gasteiger charge is 2.52. The number of amides is 1. The number of hydrogen-bond acceptors (Lipinski definition) is 5. The summed E-state index contributed by atoms with van der Waals surface area (Å²) in [6.45, 7) is 2.91. The maximum Gasteiger partial charge on any atom is 0.402 e. The smallest absolute Gasteiger partial charge is 0.402 e. The maximum absolute atomic E-state index is 15.3. The lowest BCUT2D eigenvalue weighted by Gasteiger charge is -2.25. The van der Waals surface area contributed by atoms with Gasteiger partial charge in [0.2, 0.25) is 5.91 Å². The number of rotatable bonds is 8. The molecule has 10 heteroatoms. The molecule has 0 saturated heterocycles. The summed E-state index contributed by atoms with van der Waals surface area (Å²) < 4.78 is 48.8. The molecule has 1 aliphatic heterocycles. The fraction of sp³-hybridized carbons (Fsp3) is 0.444. The molecule has 0 radical (unpaired) electrons. The Morgan fingerprint density at radius 3 is 2.57 bits per heavy atom. The number of alkyl halides is 2. The number of hydrogen-bond donors (Lipinski definition) is 4. The first-order chi connectivity index (χ1) is 17.4. The van der Waals surface area contributed by atoms with E-state index in [1.165, 1.54) is 18.2 Å². The summed E-state index contributed by atoms with van der Waals surface area (Å²) in [5.41, 5.74) is 0.308. The number of aliphatic hydroxyl groups is 3. The Labute approximate surface area is 211 Å². The van der Waals surface area contributed by atoms with Gasteiger partial charge in [0.15, 0.2) is 0 Å². The summed E-state index contributed by atoms with van der Waals surface area (Å²) in [4.78, 5) is 13.3. The van der Waals surface area contributed by atoms with Gasteiger partial charge in [0.05, 0.1) is 48.9 Å². The van der Waals surface area contributed by atoms with Crippen molar-refractivity contribution in [2.45, 2.75) is 62.7 Å². The molecule has 4 N–H and O–H groups in total. The van der Waals surface area contributed by atoms with E-state index in [0.29, 0.717) is 40.6 Å². The minimum Gasteiger partial charge on any atom is -0.432 e. The van der Waals surface area contributed by atoms with Crippen molar-refractivity contribution in [3.63, 3.8) is 0 Å². The molecule has 2 heterocycles. The van der Waals surface area contributed by atoms with Crippen LogP contribution in [0.5, 0.6) is 5.75 Å². The molecular weight excluding hydrogens is 489 g/mol. The fourth-order valence-corrected chi connectivity index (χ4v) is 5.03. The van der Waals surface area contributed by atoms with Crippen LogP contribution in [0, 0.1) is 5.82 Å². The second-order valence-electron chi connectivity index (χ2n) is 10.7. The van der Waals surface area contributed by atoms with Gasteiger partial charge in [-0.15, -0.1) is 0 Å². The number of fused-ring (bicyclic) bond motifs is 2. The molecule has 5 rings (SSSR count). The van der Waals surface area contributed by atoms with Crippen LogP contribution in [-0.2, 0) is 28.6 Å². The Morgan fingerprint density at radius 2 is 1.92 bits per heavy atom. The maximum atomic E-state index is 15.3. The minimum atomic E-state index is -3.27. The highest BCUT2D eigenvalue weighted by Crippen LogP contribution is 2.51. The summed E-state index contributed by atoms with van der Waals surface area (Å²) in [7, 11) is 0. The van der Waals surface area contributed by atoms with Gasteiger partial charge in [-0.05, 0) is 36.6 Å². The van der Waals surface area contributed by atoms with E-state index in [9.17, 15) is 28.9 Å². The summed E-state index contributed by atoms with van der Waals surface area (Å²) in [5, 5.41) is 32.5. The van der Waals surface area contributed by atoms with Crippen LogP contribution in [-0.4, -0.2) is 51.2 Å². The molecule has 1 aromatic heterocycles. The first-order valence-corrected chi connectivity index (χ1v) is 12.1. The Kier molecular flexibility index (Phi) is 6.04. The van der Waals surface area contributed by atoms with Crippen molar-refractivity contribution in [1.82, 2.24) is 4.57 Å². The molecule has 0 spiro atoms. The van der Waals surface area contributed by atoms with E-state index >= 15 is 4.39 Å². The van der Waals surface area contributed by atoms with Crippen LogP contribution >= 0.6 is 0 Å². The molecule has 1 amide bonds. The van der Waals surface area contributed by atoms with Gasteiger partial charge in [-0.3, -0.25) is 4.79 Å². The van der Waals surface area contributed by atoms with Crippen LogP contribution in [0.2, 0.25) is 0 Å². The normalized spacial score (nSPS) is 18.4. The number of aromatic nitrogens is 1. The average Bonchev–Trinajstić information content (AvgIpc) is 3.50. The third kappa shape index (κ3) is 4.47. The zero-order valence-electron chi connectivity index (χ0n) is 20.5. The van der Waals surface area contributed by atoms with Crippen LogP contribution < -0.4 is 10.1 Å². The average molecular weight is 519 g/mol. The highest BCUT2D eigenvalue weighted by molar-refractivity contribution is 6.02. The van der Waals surface area contributed by atoms with Crippen LogP contribution in [0.15, 0.2) is 36.4 Å². The molecular formula is C27H29F3N2O5. The number of nitrogens with zero attached hydrogens (tertiary/aromatic N) is 1. The first-order valence-electron chi connectivity index (χ1n) is 12.1. The van der Waals surface area contributed by atoms with E-state index in [1.807, 2.05) is 0 Å². The molecule has 3 aromatic rings. The number of nitrogens with one attached hydrogen (secondary N) is 1. The van der Waals surface area contributed by atoms with Crippen molar-refractivity contribution in [3.8, 4) is 5.75 Å². The van der Waals surface area contributed by atoms with Gasteiger partial charge in [0.25, 0.3) is 0 Å². The predicted octanol–water partition coefficient (Wildman–Crippen LogP) is 3.60. The van der Waals surface area contributed by atoms with Gasteiger partial charge in [0, 0.05) is 28.1 Å². The van der Waals surface area contributed by atoms with Gasteiger partial charge < -0.3 is 29.9 Å². The highest BCUT2D eigenvalue weighted by atomic mass is 19.3. The third-order valence-corrected chi connectivity index (χ3v) is 7.38. The van der Waals surface area contributed by atoms with E-state index in [-0.39, 0.29) is 24.6 Å². The molecule has 0 unspecified atom stereocenters.